The number of rotatable bonds is 6. The van der Waals surface area contributed by atoms with Crippen molar-refractivity contribution in [1.82, 2.24) is 15.5 Å². The molecule has 1 saturated heterocycles. The van der Waals surface area contributed by atoms with Crippen molar-refractivity contribution in [2.75, 3.05) is 39.6 Å². The Bertz CT molecular complexity index is 848. The van der Waals surface area contributed by atoms with Gasteiger partial charge in [-0.25, -0.2) is 0 Å². The van der Waals surface area contributed by atoms with E-state index in [9.17, 15) is 9.59 Å². The fourth-order valence-electron chi connectivity index (χ4n) is 3.36. The first-order chi connectivity index (χ1) is 14.2. The SMILES string of the molecule is O=C(NCc1ccc2c(c1)OCO2)C(=O)NCC(c1ccco1)N1CCOCC1. The van der Waals surface area contributed by atoms with Crippen molar-refractivity contribution in [3.8, 4) is 11.5 Å². The molecule has 0 bridgehead atoms. The van der Waals surface area contributed by atoms with E-state index < -0.39 is 11.8 Å². The maximum absolute atomic E-state index is 12.3. The largest absolute Gasteiger partial charge is 0.468 e. The van der Waals surface area contributed by atoms with Gasteiger partial charge < -0.3 is 29.3 Å². The maximum atomic E-state index is 12.3. The lowest BCUT2D eigenvalue weighted by molar-refractivity contribution is -0.139. The highest BCUT2D eigenvalue weighted by molar-refractivity contribution is 6.35. The summed E-state index contributed by atoms with van der Waals surface area (Å²) >= 11 is 0. The van der Waals surface area contributed by atoms with Crippen LogP contribution < -0.4 is 20.1 Å². The molecule has 154 valence electrons. The second-order valence-corrected chi connectivity index (χ2v) is 6.76. The first-order valence-electron chi connectivity index (χ1n) is 9.50. The molecule has 2 aliphatic heterocycles. The molecule has 0 spiro atoms. The highest BCUT2D eigenvalue weighted by Crippen LogP contribution is 2.32. The quantitative estimate of drug-likeness (QED) is 0.691. The molecule has 0 radical (unpaired) electrons. The number of nitrogens with one attached hydrogen (secondary N) is 2. The minimum Gasteiger partial charge on any atom is -0.468 e. The molecule has 3 heterocycles. The lowest BCUT2D eigenvalue weighted by Gasteiger charge is -2.33. The van der Waals surface area contributed by atoms with Gasteiger partial charge >= 0.3 is 11.8 Å². The molecule has 0 saturated carbocycles. The van der Waals surface area contributed by atoms with Crippen molar-refractivity contribution in [3.63, 3.8) is 0 Å². The first kappa shape index (κ1) is 19.3. The fourth-order valence-corrected chi connectivity index (χ4v) is 3.36. The molecule has 29 heavy (non-hydrogen) atoms. The molecule has 1 atom stereocenters. The van der Waals surface area contributed by atoms with Crippen LogP contribution in [0.4, 0.5) is 0 Å². The van der Waals surface area contributed by atoms with Gasteiger partial charge in [0, 0.05) is 26.2 Å². The van der Waals surface area contributed by atoms with E-state index in [4.69, 9.17) is 18.6 Å². The van der Waals surface area contributed by atoms with Gasteiger partial charge in [0.05, 0.1) is 25.5 Å². The molecule has 2 N–H and O–H groups in total. The molecule has 1 aromatic carbocycles. The average Bonchev–Trinajstić information content (AvgIpc) is 3.44. The van der Waals surface area contributed by atoms with Crippen LogP contribution in [0.2, 0.25) is 0 Å². The van der Waals surface area contributed by atoms with Gasteiger partial charge in [0.25, 0.3) is 0 Å². The third-order valence-corrected chi connectivity index (χ3v) is 4.91. The Labute approximate surface area is 167 Å². The van der Waals surface area contributed by atoms with Crippen molar-refractivity contribution in [2.45, 2.75) is 12.6 Å². The Morgan fingerprint density at radius 3 is 2.62 bits per heavy atom. The number of morpholine rings is 1. The number of hydrogen-bond acceptors (Lipinski definition) is 7. The van der Waals surface area contributed by atoms with E-state index in [0.29, 0.717) is 24.7 Å². The predicted molar refractivity (Wildman–Crippen MR) is 101 cm³/mol. The van der Waals surface area contributed by atoms with E-state index in [1.165, 1.54) is 0 Å². The number of benzene rings is 1. The summed E-state index contributed by atoms with van der Waals surface area (Å²) in [7, 11) is 0. The standard InChI is InChI=1S/C20H23N3O6/c24-19(21-11-14-3-4-17-18(10-14)29-13-28-17)20(25)22-12-15(16-2-1-7-27-16)23-5-8-26-9-6-23/h1-4,7,10,15H,5-6,8-9,11-13H2,(H,21,24)(H,22,25). The Morgan fingerprint density at radius 2 is 1.83 bits per heavy atom. The minimum atomic E-state index is -0.692. The summed E-state index contributed by atoms with van der Waals surface area (Å²) in [5, 5.41) is 5.33. The molecule has 1 aromatic heterocycles. The van der Waals surface area contributed by atoms with Crippen LogP contribution >= 0.6 is 0 Å². The van der Waals surface area contributed by atoms with E-state index in [2.05, 4.69) is 15.5 Å². The van der Waals surface area contributed by atoms with Crippen molar-refractivity contribution in [1.29, 1.82) is 0 Å². The van der Waals surface area contributed by atoms with Gasteiger partial charge in [-0.1, -0.05) is 6.07 Å². The number of fused-ring (bicyclic) bond motifs is 1. The summed E-state index contributed by atoms with van der Waals surface area (Å²) in [5.41, 5.74) is 0.817. The highest BCUT2D eigenvalue weighted by atomic mass is 16.7. The predicted octanol–water partition coefficient (Wildman–Crippen LogP) is 0.814. The summed E-state index contributed by atoms with van der Waals surface area (Å²) in [6, 6.07) is 8.90. The van der Waals surface area contributed by atoms with E-state index in [1.807, 2.05) is 18.2 Å². The van der Waals surface area contributed by atoms with Gasteiger partial charge in [-0.2, -0.15) is 0 Å². The third-order valence-electron chi connectivity index (χ3n) is 4.91. The van der Waals surface area contributed by atoms with Crippen molar-refractivity contribution >= 4 is 11.8 Å². The second-order valence-electron chi connectivity index (χ2n) is 6.76. The Kier molecular flexibility index (Phi) is 5.97. The molecule has 9 nitrogen and oxygen atoms in total. The number of carbonyl (C=O) groups is 2. The number of ether oxygens (including phenoxy) is 3. The number of furan rings is 1. The number of nitrogens with zero attached hydrogens (tertiary/aromatic N) is 1. The summed E-state index contributed by atoms with van der Waals surface area (Å²) in [6.07, 6.45) is 1.60. The van der Waals surface area contributed by atoms with Crippen molar-refractivity contribution in [2.24, 2.45) is 0 Å². The number of hydrogen-bond donors (Lipinski definition) is 2. The summed E-state index contributed by atoms with van der Waals surface area (Å²) < 4.78 is 21.5. The van der Waals surface area contributed by atoms with Gasteiger partial charge in [-0.15, -0.1) is 0 Å². The molecule has 2 aliphatic rings. The van der Waals surface area contributed by atoms with E-state index in [-0.39, 0.29) is 25.9 Å². The number of amides is 2. The maximum Gasteiger partial charge on any atom is 0.309 e. The van der Waals surface area contributed by atoms with Crippen LogP contribution in [0.3, 0.4) is 0 Å². The van der Waals surface area contributed by atoms with Gasteiger partial charge in [0.1, 0.15) is 5.76 Å². The Hall–Kier alpha value is -3.04. The Balaban J connectivity index is 1.29. The fraction of sp³-hybridized carbons (Fsp3) is 0.400. The van der Waals surface area contributed by atoms with E-state index in [0.717, 1.165) is 24.4 Å². The second kappa shape index (κ2) is 8.97. The van der Waals surface area contributed by atoms with Crippen LogP contribution in [0, 0.1) is 0 Å². The van der Waals surface area contributed by atoms with Gasteiger partial charge in [-0.05, 0) is 29.8 Å². The number of carbonyl (C=O) groups excluding carboxylic acids is 2. The molecular formula is C20H23N3O6. The van der Waals surface area contributed by atoms with Crippen LogP contribution in [0.1, 0.15) is 17.4 Å². The Morgan fingerprint density at radius 1 is 1.03 bits per heavy atom. The lowest BCUT2D eigenvalue weighted by Crippen LogP contribution is -2.46. The summed E-state index contributed by atoms with van der Waals surface area (Å²) in [5.74, 6) is 0.671. The molecule has 2 aromatic rings. The summed E-state index contributed by atoms with van der Waals surface area (Å²) in [6.45, 7) is 3.39. The zero-order valence-electron chi connectivity index (χ0n) is 15.9. The van der Waals surface area contributed by atoms with Crippen molar-refractivity contribution < 1.29 is 28.2 Å². The molecule has 0 aliphatic carbocycles. The van der Waals surface area contributed by atoms with Gasteiger partial charge in [0.15, 0.2) is 11.5 Å². The van der Waals surface area contributed by atoms with Crippen LogP contribution in [0.25, 0.3) is 0 Å². The van der Waals surface area contributed by atoms with Crippen molar-refractivity contribution in [3.05, 3.63) is 47.9 Å². The lowest BCUT2D eigenvalue weighted by atomic mass is 10.1. The normalized spacial score (nSPS) is 17.0. The zero-order valence-corrected chi connectivity index (χ0v) is 15.9. The van der Waals surface area contributed by atoms with Crippen LogP contribution in [0.5, 0.6) is 11.5 Å². The van der Waals surface area contributed by atoms with Crippen LogP contribution in [-0.4, -0.2) is 56.4 Å². The smallest absolute Gasteiger partial charge is 0.309 e. The summed E-state index contributed by atoms with van der Waals surface area (Å²) in [4.78, 5) is 26.6. The topological polar surface area (TPSA) is 102 Å². The van der Waals surface area contributed by atoms with Gasteiger partial charge in [-0.3, -0.25) is 14.5 Å². The molecule has 1 fully saturated rings. The third kappa shape index (κ3) is 4.69. The average molecular weight is 401 g/mol. The van der Waals surface area contributed by atoms with Gasteiger partial charge in [0.2, 0.25) is 6.79 Å². The molecule has 1 unspecified atom stereocenters. The molecule has 4 rings (SSSR count). The highest BCUT2D eigenvalue weighted by Gasteiger charge is 2.26. The molecular weight excluding hydrogens is 378 g/mol. The first-order valence-corrected chi connectivity index (χ1v) is 9.50. The van der Waals surface area contributed by atoms with E-state index >= 15 is 0 Å². The van der Waals surface area contributed by atoms with Crippen LogP contribution in [-0.2, 0) is 20.9 Å². The van der Waals surface area contributed by atoms with E-state index in [1.54, 1.807) is 18.4 Å². The molecule has 9 heteroatoms. The zero-order chi connectivity index (χ0) is 20.1. The monoisotopic (exact) mass is 401 g/mol. The molecule has 2 amide bonds. The van der Waals surface area contributed by atoms with Crippen LogP contribution in [0.15, 0.2) is 41.0 Å². The minimum absolute atomic E-state index is 0.153.